The molecular formula is C9H15N3O2S. The minimum Gasteiger partial charge on any atom is -0.480 e. The van der Waals surface area contributed by atoms with Gasteiger partial charge in [0.25, 0.3) is 0 Å². The van der Waals surface area contributed by atoms with Crippen LogP contribution < -0.4 is 0 Å². The third-order valence-corrected chi connectivity index (χ3v) is 3.32. The van der Waals surface area contributed by atoms with E-state index in [9.17, 15) is 4.79 Å². The first-order valence-electron chi connectivity index (χ1n) is 4.88. The molecule has 84 valence electrons. The van der Waals surface area contributed by atoms with E-state index in [4.69, 9.17) is 5.11 Å². The number of aryl methyl sites for hydroxylation is 1. The summed E-state index contributed by atoms with van der Waals surface area (Å²) in [5, 5.41) is 13.1. The molecule has 1 unspecified atom stereocenters. The Labute approximate surface area is 92.9 Å². The van der Waals surface area contributed by atoms with E-state index in [1.807, 2.05) is 6.92 Å². The fraction of sp³-hybridized carbons (Fsp3) is 0.667. The molecule has 0 amide bonds. The van der Waals surface area contributed by atoms with E-state index in [1.165, 1.54) is 18.1 Å². The quantitative estimate of drug-likeness (QED) is 0.749. The van der Waals surface area contributed by atoms with Crippen molar-refractivity contribution in [3.8, 4) is 0 Å². The summed E-state index contributed by atoms with van der Waals surface area (Å²) in [6.45, 7) is 2.05. The highest BCUT2D eigenvalue weighted by Crippen LogP contribution is 2.24. The number of hydrogen-bond acceptors (Lipinski definition) is 4. The Balaban J connectivity index is 2.59. The molecule has 0 spiro atoms. The second kappa shape index (κ2) is 5.75. The van der Waals surface area contributed by atoms with Crippen LogP contribution in [0.4, 0.5) is 0 Å². The lowest BCUT2D eigenvalue weighted by molar-refractivity contribution is -0.136. The highest BCUT2D eigenvalue weighted by molar-refractivity contribution is 8.00. The smallest absolute Gasteiger partial charge is 0.317 e. The van der Waals surface area contributed by atoms with Crippen molar-refractivity contribution in [3.05, 3.63) is 6.33 Å². The van der Waals surface area contributed by atoms with E-state index in [0.29, 0.717) is 11.6 Å². The van der Waals surface area contributed by atoms with Crippen LogP contribution >= 0.6 is 11.8 Å². The Morgan fingerprint density at radius 1 is 1.73 bits per heavy atom. The molecule has 5 nitrogen and oxygen atoms in total. The van der Waals surface area contributed by atoms with Gasteiger partial charge < -0.3 is 5.11 Å². The number of carbonyl (C=O) groups is 1. The summed E-state index contributed by atoms with van der Waals surface area (Å²) in [5.74, 6) is -0.781. The number of nitrogens with zero attached hydrogens (tertiary/aromatic N) is 3. The molecule has 0 bridgehead atoms. The number of aliphatic carboxylic acids is 1. The van der Waals surface area contributed by atoms with Crippen molar-refractivity contribution in [1.82, 2.24) is 14.8 Å². The fourth-order valence-electron chi connectivity index (χ4n) is 1.14. The van der Waals surface area contributed by atoms with Gasteiger partial charge in [0, 0.05) is 7.05 Å². The first kappa shape index (κ1) is 12.0. The number of hydrogen-bond donors (Lipinski definition) is 1. The molecule has 0 aliphatic carbocycles. The van der Waals surface area contributed by atoms with Crippen molar-refractivity contribution >= 4 is 17.7 Å². The normalized spacial score (nSPS) is 12.7. The lowest BCUT2D eigenvalue weighted by atomic mass is 10.2. The van der Waals surface area contributed by atoms with Gasteiger partial charge in [0.2, 0.25) is 0 Å². The van der Waals surface area contributed by atoms with Crippen molar-refractivity contribution in [1.29, 1.82) is 0 Å². The number of rotatable bonds is 6. The van der Waals surface area contributed by atoms with Crippen LogP contribution in [-0.4, -0.2) is 31.1 Å². The third-order valence-electron chi connectivity index (χ3n) is 2.01. The molecule has 6 heteroatoms. The van der Waals surface area contributed by atoms with Crippen LogP contribution in [-0.2, 0) is 11.8 Å². The number of carboxylic acids is 1. The van der Waals surface area contributed by atoms with Crippen molar-refractivity contribution in [2.75, 3.05) is 0 Å². The first-order chi connectivity index (χ1) is 7.15. The standard InChI is InChI=1S/C9H15N3O2S/c1-3-4-5-7(8(13)14)15-9-10-6-11-12(9)2/h6-7H,3-5H2,1-2H3,(H,13,14). The average Bonchev–Trinajstić information content (AvgIpc) is 2.58. The second-order valence-electron chi connectivity index (χ2n) is 3.25. The van der Waals surface area contributed by atoms with Gasteiger partial charge in [-0.1, -0.05) is 31.5 Å². The number of unbranched alkanes of at least 4 members (excludes halogenated alkanes) is 1. The maximum atomic E-state index is 11.0. The largest absolute Gasteiger partial charge is 0.480 e. The highest BCUT2D eigenvalue weighted by atomic mass is 32.2. The van der Waals surface area contributed by atoms with Crippen molar-refractivity contribution in [2.24, 2.45) is 7.05 Å². The van der Waals surface area contributed by atoms with Gasteiger partial charge >= 0.3 is 5.97 Å². The molecule has 1 heterocycles. The summed E-state index contributed by atoms with van der Waals surface area (Å²) in [4.78, 5) is 15.0. The van der Waals surface area contributed by atoms with Crippen molar-refractivity contribution < 1.29 is 9.90 Å². The Kier molecular flexibility index (Phi) is 4.61. The molecule has 1 rings (SSSR count). The lowest BCUT2D eigenvalue weighted by Gasteiger charge is -2.09. The fourth-order valence-corrected chi connectivity index (χ4v) is 2.09. The summed E-state index contributed by atoms with van der Waals surface area (Å²) in [6, 6.07) is 0. The molecule has 1 aromatic heterocycles. The molecule has 0 aliphatic heterocycles. The predicted octanol–water partition coefficient (Wildman–Crippen LogP) is 1.55. The Morgan fingerprint density at radius 2 is 2.47 bits per heavy atom. The minimum absolute atomic E-state index is 0.423. The molecule has 15 heavy (non-hydrogen) atoms. The molecule has 1 atom stereocenters. The zero-order valence-electron chi connectivity index (χ0n) is 8.88. The number of aromatic nitrogens is 3. The lowest BCUT2D eigenvalue weighted by Crippen LogP contribution is -2.17. The van der Waals surface area contributed by atoms with Gasteiger partial charge in [0.05, 0.1) is 0 Å². The maximum absolute atomic E-state index is 11.0. The van der Waals surface area contributed by atoms with Crippen molar-refractivity contribution in [3.63, 3.8) is 0 Å². The summed E-state index contributed by atoms with van der Waals surface area (Å²) < 4.78 is 1.59. The van der Waals surface area contributed by atoms with Crippen LogP contribution in [0.25, 0.3) is 0 Å². The van der Waals surface area contributed by atoms with Crippen molar-refractivity contribution in [2.45, 2.75) is 36.6 Å². The van der Waals surface area contributed by atoms with E-state index in [0.717, 1.165) is 12.8 Å². The summed E-state index contributed by atoms with van der Waals surface area (Å²) in [7, 11) is 1.76. The van der Waals surface area contributed by atoms with Gasteiger partial charge in [-0.15, -0.1) is 0 Å². The van der Waals surface area contributed by atoms with E-state index in [-0.39, 0.29) is 0 Å². The first-order valence-corrected chi connectivity index (χ1v) is 5.76. The Bertz CT molecular complexity index is 327. The predicted molar refractivity (Wildman–Crippen MR) is 57.8 cm³/mol. The zero-order valence-corrected chi connectivity index (χ0v) is 9.70. The van der Waals surface area contributed by atoms with Gasteiger partial charge in [-0.3, -0.25) is 4.79 Å². The SMILES string of the molecule is CCCCC(Sc1ncnn1C)C(=O)O. The molecule has 1 aromatic rings. The van der Waals surface area contributed by atoms with E-state index in [1.54, 1.807) is 11.7 Å². The highest BCUT2D eigenvalue weighted by Gasteiger charge is 2.20. The molecule has 1 N–H and O–H groups in total. The zero-order chi connectivity index (χ0) is 11.3. The topological polar surface area (TPSA) is 68.0 Å². The van der Waals surface area contributed by atoms with Gasteiger partial charge in [-0.05, 0) is 6.42 Å². The molecular weight excluding hydrogens is 214 g/mol. The Morgan fingerprint density at radius 3 is 2.93 bits per heavy atom. The van der Waals surface area contributed by atoms with E-state index in [2.05, 4.69) is 10.1 Å². The third kappa shape index (κ3) is 3.54. The molecule has 0 aliphatic rings. The molecule has 0 saturated carbocycles. The number of carboxylic acid groups (broad SMARTS) is 1. The van der Waals surface area contributed by atoms with Crippen LogP contribution in [0.15, 0.2) is 11.5 Å². The second-order valence-corrected chi connectivity index (χ2v) is 4.42. The van der Waals surface area contributed by atoms with E-state index < -0.39 is 11.2 Å². The van der Waals surface area contributed by atoms with Gasteiger partial charge in [-0.25, -0.2) is 9.67 Å². The van der Waals surface area contributed by atoms with E-state index >= 15 is 0 Å². The van der Waals surface area contributed by atoms with Crippen LogP contribution in [0.3, 0.4) is 0 Å². The van der Waals surface area contributed by atoms with Crippen LogP contribution in [0.1, 0.15) is 26.2 Å². The summed E-state index contributed by atoms with van der Waals surface area (Å²) in [6.07, 6.45) is 4.02. The molecule has 0 fully saturated rings. The average molecular weight is 229 g/mol. The molecule has 0 aromatic carbocycles. The van der Waals surface area contributed by atoms with Gasteiger partial charge in [0.1, 0.15) is 11.6 Å². The Hall–Kier alpha value is -1.04. The van der Waals surface area contributed by atoms with Crippen LogP contribution in [0.5, 0.6) is 0 Å². The molecule has 0 saturated heterocycles. The van der Waals surface area contributed by atoms with Gasteiger partial charge in [-0.2, -0.15) is 5.10 Å². The summed E-state index contributed by atoms with van der Waals surface area (Å²) >= 11 is 1.26. The maximum Gasteiger partial charge on any atom is 0.317 e. The monoisotopic (exact) mass is 229 g/mol. The van der Waals surface area contributed by atoms with Crippen LogP contribution in [0.2, 0.25) is 0 Å². The van der Waals surface area contributed by atoms with Gasteiger partial charge in [0.15, 0.2) is 5.16 Å². The minimum atomic E-state index is -0.781. The van der Waals surface area contributed by atoms with Crippen LogP contribution in [0, 0.1) is 0 Å². The summed E-state index contributed by atoms with van der Waals surface area (Å²) in [5.41, 5.74) is 0. The molecule has 0 radical (unpaired) electrons. The number of thioether (sulfide) groups is 1.